The number of hydrogen-bond donors (Lipinski definition) is 0. The van der Waals surface area contributed by atoms with Gasteiger partial charge in [-0.3, -0.25) is 14.5 Å². The van der Waals surface area contributed by atoms with Gasteiger partial charge in [-0.25, -0.2) is 4.99 Å². The molecule has 1 aliphatic heterocycles. The summed E-state index contributed by atoms with van der Waals surface area (Å²) in [5.41, 5.74) is 3.32. The number of fused-ring (bicyclic) bond motifs is 1. The third-order valence-electron chi connectivity index (χ3n) is 4.92. The number of aryl methyl sites for hydroxylation is 1. The number of thiazole rings is 1. The highest BCUT2D eigenvalue weighted by Crippen LogP contribution is 2.37. The highest BCUT2D eigenvalue weighted by atomic mass is 32.2. The predicted molar refractivity (Wildman–Crippen MR) is 130 cm³/mol. The van der Waals surface area contributed by atoms with E-state index in [1.807, 2.05) is 84.9 Å². The molecule has 1 amide bonds. The molecule has 1 aliphatic rings. The van der Waals surface area contributed by atoms with E-state index < -0.39 is 0 Å². The first-order valence-electron chi connectivity index (χ1n) is 9.62. The molecule has 3 aromatic carbocycles. The van der Waals surface area contributed by atoms with Crippen LogP contribution in [0.1, 0.15) is 5.56 Å². The van der Waals surface area contributed by atoms with Gasteiger partial charge < -0.3 is 4.57 Å². The Bertz CT molecular complexity index is 1400. The second kappa shape index (κ2) is 8.02. The summed E-state index contributed by atoms with van der Waals surface area (Å²) >= 11 is 2.55. The Balaban J connectivity index is 1.58. The van der Waals surface area contributed by atoms with Gasteiger partial charge in [-0.1, -0.05) is 53.8 Å². The van der Waals surface area contributed by atoms with Gasteiger partial charge in [0.15, 0.2) is 5.17 Å². The second-order valence-electron chi connectivity index (χ2n) is 6.97. The number of aliphatic imine (C=N–C) groups is 1. The summed E-state index contributed by atoms with van der Waals surface area (Å²) in [5, 5.41) is 0.610. The number of thioether (sulfide) groups is 1. The molecule has 0 bridgehead atoms. The predicted octanol–water partition coefficient (Wildman–Crippen LogP) is 5.41. The van der Waals surface area contributed by atoms with Crippen LogP contribution >= 0.6 is 23.1 Å². The second-order valence-corrected chi connectivity index (χ2v) is 8.97. The monoisotopic (exact) mass is 443 g/mol. The molecule has 0 saturated carbocycles. The van der Waals surface area contributed by atoms with Crippen LogP contribution in [0.3, 0.4) is 0 Å². The molecule has 7 heteroatoms. The largest absolute Gasteiger partial charge is 0.307 e. The lowest BCUT2D eigenvalue weighted by Crippen LogP contribution is -2.28. The molecule has 1 fully saturated rings. The highest BCUT2D eigenvalue weighted by Gasteiger charge is 2.34. The van der Waals surface area contributed by atoms with Crippen molar-refractivity contribution in [2.45, 2.75) is 0 Å². The summed E-state index contributed by atoms with van der Waals surface area (Å²) in [7, 11) is 1.76. The Labute approximate surface area is 187 Å². The Hall–Kier alpha value is -3.42. The van der Waals surface area contributed by atoms with Crippen LogP contribution in [0.25, 0.3) is 16.3 Å². The minimum Gasteiger partial charge on any atom is -0.302 e. The lowest BCUT2D eigenvalue weighted by molar-refractivity contribution is -0.113. The Morgan fingerprint density at radius 1 is 0.903 bits per heavy atom. The van der Waals surface area contributed by atoms with Crippen molar-refractivity contribution in [3.8, 4) is 0 Å². The molecule has 0 spiro atoms. The lowest BCUT2D eigenvalue weighted by atomic mass is 10.2. The maximum atomic E-state index is 13.3. The van der Waals surface area contributed by atoms with Crippen LogP contribution in [0.15, 0.2) is 93.6 Å². The molecule has 0 unspecified atom stereocenters. The zero-order valence-electron chi connectivity index (χ0n) is 16.6. The van der Waals surface area contributed by atoms with Gasteiger partial charge in [0.1, 0.15) is 0 Å². The molecule has 1 saturated heterocycles. The van der Waals surface area contributed by atoms with Crippen LogP contribution in [0.4, 0.5) is 11.4 Å². The fraction of sp³-hybridized carbons (Fsp3) is 0.0417. The van der Waals surface area contributed by atoms with Gasteiger partial charge >= 0.3 is 4.87 Å². The first kappa shape index (κ1) is 19.5. The average molecular weight is 444 g/mol. The summed E-state index contributed by atoms with van der Waals surface area (Å²) in [5.74, 6) is -0.118. The fourth-order valence-electron chi connectivity index (χ4n) is 3.36. The van der Waals surface area contributed by atoms with Crippen molar-refractivity contribution < 1.29 is 4.79 Å². The van der Waals surface area contributed by atoms with Crippen molar-refractivity contribution in [2.24, 2.45) is 12.0 Å². The Kier molecular flexibility index (Phi) is 5.05. The molecule has 5 nitrogen and oxygen atoms in total. The van der Waals surface area contributed by atoms with Crippen molar-refractivity contribution in [3.63, 3.8) is 0 Å². The number of aromatic nitrogens is 1. The zero-order valence-corrected chi connectivity index (χ0v) is 18.2. The fourth-order valence-corrected chi connectivity index (χ4v) is 5.29. The number of para-hydroxylation sites is 2. The number of nitrogens with zero attached hydrogens (tertiary/aromatic N) is 3. The molecule has 0 N–H and O–H groups in total. The quantitative estimate of drug-likeness (QED) is 0.398. The minimum atomic E-state index is -0.118. The van der Waals surface area contributed by atoms with E-state index >= 15 is 0 Å². The van der Waals surface area contributed by atoms with Gasteiger partial charge in [0, 0.05) is 7.05 Å². The van der Waals surface area contributed by atoms with E-state index in [0.29, 0.717) is 10.1 Å². The number of amidine groups is 1. The topological polar surface area (TPSA) is 54.7 Å². The SMILES string of the molecule is Cn1c(=O)sc2cc(/C=C3\S/C(=N\c4ccccc4)N(c4ccccc4)C3=O)ccc21. The van der Waals surface area contributed by atoms with E-state index in [9.17, 15) is 9.59 Å². The van der Waals surface area contributed by atoms with Crippen LogP contribution in [0.5, 0.6) is 0 Å². The minimum absolute atomic E-state index is 0.00125. The van der Waals surface area contributed by atoms with Crippen molar-refractivity contribution >= 4 is 61.8 Å². The molecule has 0 aliphatic carbocycles. The number of benzene rings is 3. The van der Waals surface area contributed by atoms with Crippen LogP contribution in [0.2, 0.25) is 0 Å². The summed E-state index contributed by atoms with van der Waals surface area (Å²) in [4.78, 5) is 32.2. The molecule has 4 aromatic rings. The third-order valence-corrected chi connectivity index (χ3v) is 6.88. The molecular weight excluding hydrogens is 426 g/mol. The summed E-state index contributed by atoms with van der Waals surface area (Å²) in [6.07, 6.45) is 1.86. The standard InChI is InChI=1S/C24H17N3O2S2/c1-26-19-13-12-16(14-20(19)31-24(26)29)15-21-22(28)27(18-10-6-3-7-11-18)23(30-21)25-17-8-4-2-5-9-17/h2-15H,1H3/b21-15-,25-23-. The van der Waals surface area contributed by atoms with E-state index in [1.165, 1.54) is 23.1 Å². The van der Waals surface area contributed by atoms with Gasteiger partial charge in [-0.05, 0) is 59.8 Å². The van der Waals surface area contributed by atoms with Crippen molar-refractivity contribution in [1.29, 1.82) is 0 Å². The average Bonchev–Trinajstić information content (AvgIpc) is 3.24. The molecular formula is C24H17N3O2S2. The lowest BCUT2D eigenvalue weighted by Gasteiger charge is -2.15. The molecule has 5 rings (SSSR count). The van der Waals surface area contributed by atoms with Crippen molar-refractivity contribution in [2.75, 3.05) is 4.90 Å². The van der Waals surface area contributed by atoms with E-state index in [1.54, 1.807) is 16.5 Å². The maximum Gasteiger partial charge on any atom is 0.307 e. The molecule has 31 heavy (non-hydrogen) atoms. The van der Waals surface area contributed by atoms with Crippen molar-refractivity contribution in [3.05, 3.63) is 99.0 Å². The summed E-state index contributed by atoms with van der Waals surface area (Å²) in [6, 6.07) is 24.9. The molecule has 0 radical (unpaired) electrons. The van der Waals surface area contributed by atoms with Gasteiger partial charge in [-0.2, -0.15) is 0 Å². The van der Waals surface area contributed by atoms with E-state index in [2.05, 4.69) is 0 Å². The first-order valence-corrected chi connectivity index (χ1v) is 11.3. The number of anilines is 1. The maximum absolute atomic E-state index is 13.3. The van der Waals surface area contributed by atoms with Gasteiger partial charge in [-0.15, -0.1) is 0 Å². The number of hydrogen-bond acceptors (Lipinski definition) is 5. The third kappa shape index (κ3) is 3.73. The molecule has 2 heterocycles. The van der Waals surface area contributed by atoms with Crippen LogP contribution in [-0.2, 0) is 11.8 Å². The normalized spacial score (nSPS) is 16.7. The Morgan fingerprint density at radius 2 is 1.61 bits per heavy atom. The number of carbonyl (C=O) groups is 1. The summed E-state index contributed by atoms with van der Waals surface area (Å²) in [6.45, 7) is 0. The first-order chi connectivity index (χ1) is 15.1. The zero-order chi connectivity index (χ0) is 21.4. The van der Waals surface area contributed by atoms with E-state index in [-0.39, 0.29) is 10.8 Å². The van der Waals surface area contributed by atoms with Crippen molar-refractivity contribution in [1.82, 2.24) is 4.57 Å². The Morgan fingerprint density at radius 3 is 2.35 bits per heavy atom. The molecule has 0 atom stereocenters. The van der Waals surface area contributed by atoms with Crippen LogP contribution in [-0.4, -0.2) is 15.6 Å². The number of amides is 1. The number of rotatable bonds is 3. The highest BCUT2D eigenvalue weighted by molar-refractivity contribution is 8.19. The summed E-state index contributed by atoms with van der Waals surface area (Å²) < 4.78 is 2.53. The number of carbonyl (C=O) groups excluding carboxylic acids is 1. The van der Waals surface area contributed by atoms with Crippen LogP contribution < -0.4 is 9.77 Å². The van der Waals surface area contributed by atoms with Gasteiger partial charge in [0.2, 0.25) is 0 Å². The van der Waals surface area contributed by atoms with E-state index in [0.717, 1.165) is 27.2 Å². The van der Waals surface area contributed by atoms with E-state index in [4.69, 9.17) is 4.99 Å². The molecule has 1 aromatic heterocycles. The smallest absolute Gasteiger partial charge is 0.302 e. The van der Waals surface area contributed by atoms with Crippen LogP contribution in [0, 0.1) is 0 Å². The van der Waals surface area contributed by atoms with Gasteiger partial charge in [0.05, 0.1) is 26.5 Å². The molecule has 152 valence electrons. The van der Waals surface area contributed by atoms with Gasteiger partial charge in [0.25, 0.3) is 5.91 Å².